The summed E-state index contributed by atoms with van der Waals surface area (Å²) >= 11 is 5.97. The van der Waals surface area contributed by atoms with Crippen molar-refractivity contribution in [3.63, 3.8) is 0 Å². The van der Waals surface area contributed by atoms with Gasteiger partial charge in [-0.05, 0) is 31.5 Å². The third-order valence-corrected chi connectivity index (χ3v) is 3.92. The minimum atomic E-state index is 0.512. The summed E-state index contributed by atoms with van der Waals surface area (Å²) in [5, 5.41) is 8.77. The van der Waals surface area contributed by atoms with E-state index in [0.717, 1.165) is 49.7 Å². The molecule has 1 saturated heterocycles. The van der Waals surface area contributed by atoms with E-state index >= 15 is 0 Å². The molecule has 0 saturated carbocycles. The second-order valence-electron chi connectivity index (χ2n) is 4.49. The zero-order chi connectivity index (χ0) is 12.4. The summed E-state index contributed by atoms with van der Waals surface area (Å²) in [6, 6.07) is 0. The lowest BCUT2D eigenvalue weighted by Gasteiger charge is -2.35. The summed E-state index contributed by atoms with van der Waals surface area (Å²) in [6.45, 7) is 11.6. The lowest BCUT2D eigenvalue weighted by molar-refractivity contribution is 0.270. The Morgan fingerprint density at radius 1 is 1.06 bits per heavy atom. The summed E-state index contributed by atoms with van der Waals surface area (Å²) in [7, 11) is 0. The van der Waals surface area contributed by atoms with Crippen molar-refractivity contribution in [1.29, 1.82) is 0 Å². The molecule has 0 unspecified atom stereocenters. The fraction of sp³-hybridized carbons (Fsp3) is 0.667. The van der Waals surface area contributed by atoms with Crippen LogP contribution in [0.15, 0.2) is 0 Å². The molecule has 0 N–H and O–H groups in total. The number of halogens is 1. The molecule has 1 aliphatic rings. The number of rotatable bonds is 2. The quantitative estimate of drug-likeness (QED) is 0.807. The summed E-state index contributed by atoms with van der Waals surface area (Å²) < 4.78 is 0. The Balaban J connectivity index is 2.16. The van der Waals surface area contributed by atoms with Gasteiger partial charge in [-0.15, -0.1) is 10.2 Å². The topological polar surface area (TPSA) is 32.3 Å². The van der Waals surface area contributed by atoms with Crippen molar-refractivity contribution in [2.45, 2.75) is 20.8 Å². The molecule has 1 aromatic rings. The average molecular weight is 255 g/mol. The summed E-state index contributed by atoms with van der Waals surface area (Å²) in [6.07, 6.45) is 0. The van der Waals surface area contributed by atoms with E-state index in [1.807, 2.05) is 6.92 Å². The van der Waals surface area contributed by atoms with Crippen molar-refractivity contribution in [3.8, 4) is 0 Å². The lowest BCUT2D eigenvalue weighted by Crippen LogP contribution is -2.46. The molecule has 1 aliphatic heterocycles. The molecule has 2 rings (SSSR count). The van der Waals surface area contributed by atoms with Crippen molar-refractivity contribution in [3.05, 3.63) is 16.3 Å². The Kier molecular flexibility index (Phi) is 3.84. The summed E-state index contributed by atoms with van der Waals surface area (Å²) in [5.74, 6) is 0.989. The number of anilines is 1. The van der Waals surface area contributed by atoms with Gasteiger partial charge < -0.3 is 9.80 Å². The lowest BCUT2D eigenvalue weighted by atomic mass is 10.2. The highest BCUT2D eigenvalue weighted by molar-refractivity contribution is 6.30. The molecule has 94 valence electrons. The standard InChI is InChI=1S/C12H19ClN4/c1-4-16-5-7-17(8-6-16)12-10(3)9(2)11(13)14-15-12/h4-8H2,1-3H3. The minimum absolute atomic E-state index is 0.512. The molecule has 17 heavy (non-hydrogen) atoms. The van der Waals surface area contributed by atoms with Crippen LogP contribution in [-0.2, 0) is 0 Å². The highest BCUT2D eigenvalue weighted by atomic mass is 35.5. The van der Waals surface area contributed by atoms with Gasteiger partial charge in [-0.2, -0.15) is 0 Å². The fourth-order valence-corrected chi connectivity index (χ4v) is 2.32. The van der Waals surface area contributed by atoms with Crippen molar-refractivity contribution < 1.29 is 0 Å². The molecule has 4 nitrogen and oxygen atoms in total. The van der Waals surface area contributed by atoms with Gasteiger partial charge in [0.1, 0.15) is 0 Å². The van der Waals surface area contributed by atoms with E-state index in [1.54, 1.807) is 0 Å². The van der Waals surface area contributed by atoms with Gasteiger partial charge in [-0.25, -0.2) is 0 Å². The Bertz CT molecular complexity index is 400. The predicted octanol–water partition coefficient (Wildman–Crippen LogP) is 1.89. The molecular formula is C12H19ClN4. The molecule has 2 heterocycles. The van der Waals surface area contributed by atoms with Crippen molar-refractivity contribution in [1.82, 2.24) is 15.1 Å². The second kappa shape index (κ2) is 5.19. The Hall–Kier alpha value is -0.870. The molecule has 0 radical (unpaired) electrons. The van der Waals surface area contributed by atoms with Crippen LogP contribution in [0.3, 0.4) is 0 Å². The maximum Gasteiger partial charge on any atom is 0.155 e. The van der Waals surface area contributed by atoms with E-state index in [1.165, 1.54) is 0 Å². The monoisotopic (exact) mass is 254 g/mol. The second-order valence-corrected chi connectivity index (χ2v) is 4.84. The molecule has 5 heteroatoms. The van der Waals surface area contributed by atoms with Gasteiger partial charge in [-0.1, -0.05) is 18.5 Å². The van der Waals surface area contributed by atoms with Gasteiger partial charge in [0.15, 0.2) is 11.0 Å². The number of aromatic nitrogens is 2. The number of piperazine rings is 1. The van der Waals surface area contributed by atoms with Crippen LogP contribution in [0.25, 0.3) is 0 Å². The van der Waals surface area contributed by atoms with Gasteiger partial charge in [0.2, 0.25) is 0 Å². The molecular weight excluding hydrogens is 236 g/mol. The van der Waals surface area contributed by atoms with Crippen LogP contribution in [0.1, 0.15) is 18.1 Å². The van der Waals surface area contributed by atoms with E-state index < -0.39 is 0 Å². The van der Waals surface area contributed by atoms with Crippen LogP contribution >= 0.6 is 11.6 Å². The molecule has 1 fully saturated rings. The van der Waals surface area contributed by atoms with E-state index in [0.29, 0.717) is 5.15 Å². The van der Waals surface area contributed by atoms with Gasteiger partial charge >= 0.3 is 0 Å². The van der Waals surface area contributed by atoms with E-state index in [4.69, 9.17) is 11.6 Å². The highest BCUT2D eigenvalue weighted by Crippen LogP contribution is 2.24. The molecule has 0 spiro atoms. The molecule has 1 aromatic heterocycles. The predicted molar refractivity (Wildman–Crippen MR) is 70.8 cm³/mol. The third kappa shape index (κ3) is 2.53. The van der Waals surface area contributed by atoms with Gasteiger partial charge in [-0.3, -0.25) is 0 Å². The zero-order valence-electron chi connectivity index (χ0n) is 10.7. The van der Waals surface area contributed by atoms with Crippen molar-refractivity contribution >= 4 is 17.4 Å². The van der Waals surface area contributed by atoms with Crippen molar-refractivity contribution in [2.24, 2.45) is 0 Å². The minimum Gasteiger partial charge on any atom is -0.352 e. The molecule has 0 amide bonds. The van der Waals surface area contributed by atoms with Crippen LogP contribution in [0.5, 0.6) is 0 Å². The largest absolute Gasteiger partial charge is 0.352 e. The first-order valence-corrected chi connectivity index (χ1v) is 6.48. The number of likely N-dealkylation sites (N-methyl/N-ethyl adjacent to an activating group) is 1. The Morgan fingerprint density at radius 3 is 2.29 bits per heavy atom. The fourth-order valence-electron chi connectivity index (χ4n) is 2.14. The summed E-state index contributed by atoms with van der Waals surface area (Å²) in [4.78, 5) is 4.75. The highest BCUT2D eigenvalue weighted by Gasteiger charge is 2.20. The van der Waals surface area contributed by atoms with E-state index in [9.17, 15) is 0 Å². The molecule has 0 aromatic carbocycles. The normalized spacial score (nSPS) is 17.5. The first kappa shape index (κ1) is 12.6. The maximum absolute atomic E-state index is 5.97. The average Bonchev–Trinajstić information content (AvgIpc) is 2.36. The maximum atomic E-state index is 5.97. The number of hydrogen-bond acceptors (Lipinski definition) is 4. The first-order valence-electron chi connectivity index (χ1n) is 6.10. The molecule has 0 bridgehead atoms. The number of hydrogen-bond donors (Lipinski definition) is 0. The van der Waals surface area contributed by atoms with Crippen molar-refractivity contribution in [2.75, 3.05) is 37.6 Å². The van der Waals surface area contributed by atoms with Crippen LogP contribution in [-0.4, -0.2) is 47.8 Å². The smallest absolute Gasteiger partial charge is 0.155 e. The van der Waals surface area contributed by atoms with Gasteiger partial charge in [0, 0.05) is 26.2 Å². The SMILES string of the molecule is CCN1CCN(c2nnc(Cl)c(C)c2C)CC1. The zero-order valence-corrected chi connectivity index (χ0v) is 11.5. The Morgan fingerprint density at radius 2 is 1.71 bits per heavy atom. The van der Waals surface area contributed by atoms with Crippen LogP contribution in [0.2, 0.25) is 5.15 Å². The van der Waals surface area contributed by atoms with Gasteiger partial charge in [0.05, 0.1) is 0 Å². The van der Waals surface area contributed by atoms with Gasteiger partial charge in [0.25, 0.3) is 0 Å². The Labute approximate surface area is 108 Å². The molecule has 0 atom stereocenters. The number of nitrogens with zero attached hydrogens (tertiary/aromatic N) is 4. The van der Waals surface area contributed by atoms with Crippen LogP contribution in [0, 0.1) is 13.8 Å². The molecule has 0 aliphatic carbocycles. The van der Waals surface area contributed by atoms with E-state index in [-0.39, 0.29) is 0 Å². The first-order chi connectivity index (χ1) is 8.13. The third-order valence-electron chi connectivity index (χ3n) is 3.56. The van der Waals surface area contributed by atoms with Crippen LogP contribution < -0.4 is 4.90 Å². The van der Waals surface area contributed by atoms with Crippen LogP contribution in [0.4, 0.5) is 5.82 Å². The summed E-state index contributed by atoms with van der Waals surface area (Å²) in [5.41, 5.74) is 2.18. The van der Waals surface area contributed by atoms with E-state index in [2.05, 4.69) is 33.8 Å².